The number of rotatable bonds is 1. The average molecular weight is 321 g/mol. The van der Waals surface area contributed by atoms with E-state index in [0.717, 1.165) is 5.65 Å². The van der Waals surface area contributed by atoms with Gasteiger partial charge in [0.05, 0.1) is 16.0 Å². The van der Waals surface area contributed by atoms with Crippen LogP contribution in [0.4, 0.5) is 5.69 Å². The topological polar surface area (TPSA) is 86.2 Å². The molecule has 0 aliphatic heterocycles. The molecule has 0 radical (unpaired) electrons. The lowest BCUT2D eigenvalue weighted by molar-refractivity contribution is -0.384. The second-order valence-corrected chi connectivity index (χ2v) is 6.81. The number of hydrogen-bond donors (Lipinski definition) is 0. The van der Waals surface area contributed by atoms with Gasteiger partial charge in [-0.05, 0) is 29.2 Å². The minimum atomic E-state index is -0.435. The van der Waals surface area contributed by atoms with Crippen molar-refractivity contribution < 1.29 is 4.92 Å². The number of benzene rings is 1. The Balaban J connectivity index is 2.01. The Kier molecular flexibility index (Phi) is 2.84. The van der Waals surface area contributed by atoms with E-state index in [1.165, 1.54) is 17.7 Å². The standard InChI is InChI=1S/C17H15N5O2/c1-17(2,3)10-6-7-21-14(8-10)20-15-16(21)19-13-9-11(22(23)24)4-5-12(13)18-15/h4-9H,1-3H3. The summed E-state index contributed by atoms with van der Waals surface area (Å²) in [7, 11) is 0. The Bertz CT molecular complexity index is 1120. The van der Waals surface area contributed by atoms with Gasteiger partial charge in [-0.2, -0.15) is 0 Å². The van der Waals surface area contributed by atoms with Crippen LogP contribution in [-0.2, 0) is 5.41 Å². The maximum Gasteiger partial charge on any atom is 0.271 e. The lowest BCUT2D eigenvalue weighted by Crippen LogP contribution is -2.11. The average Bonchev–Trinajstić information content (AvgIpc) is 2.87. The molecular weight excluding hydrogens is 306 g/mol. The van der Waals surface area contributed by atoms with Gasteiger partial charge < -0.3 is 0 Å². The third-order valence-corrected chi connectivity index (χ3v) is 4.07. The zero-order valence-corrected chi connectivity index (χ0v) is 13.5. The van der Waals surface area contributed by atoms with Gasteiger partial charge in [-0.1, -0.05) is 20.8 Å². The lowest BCUT2D eigenvalue weighted by Gasteiger charge is -2.18. The van der Waals surface area contributed by atoms with Crippen LogP contribution in [0.15, 0.2) is 36.5 Å². The van der Waals surface area contributed by atoms with Crippen molar-refractivity contribution in [3.05, 3.63) is 52.2 Å². The van der Waals surface area contributed by atoms with Crippen LogP contribution in [0.1, 0.15) is 26.3 Å². The van der Waals surface area contributed by atoms with Crippen molar-refractivity contribution in [1.29, 1.82) is 0 Å². The van der Waals surface area contributed by atoms with Crippen molar-refractivity contribution in [3.63, 3.8) is 0 Å². The molecule has 0 aliphatic carbocycles. The Morgan fingerprint density at radius 3 is 2.54 bits per heavy atom. The van der Waals surface area contributed by atoms with Gasteiger partial charge in [-0.3, -0.25) is 14.5 Å². The van der Waals surface area contributed by atoms with E-state index >= 15 is 0 Å². The van der Waals surface area contributed by atoms with Crippen molar-refractivity contribution in [1.82, 2.24) is 19.4 Å². The minimum absolute atomic E-state index is 0.00000955. The number of pyridine rings is 1. The fourth-order valence-electron chi connectivity index (χ4n) is 2.70. The van der Waals surface area contributed by atoms with E-state index in [-0.39, 0.29) is 11.1 Å². The van der Waals surface area contributed by atoms with Crippen LogP contribution in [0.5, 0.6) is 0 Å². The van der Waals surface area contributed by atoms with Crippen LogP contribution in [0.25, 0.3) is 28.0 Å². The lowest BCUT2D eigenvalue weighted by atomic mass is 9.88. The first-order valence-corrected chi connectivity index (χ1v) is 7.57. The van der Waals surface area contributed by atoms with Gasteiger partial charge in [0.25, 0.3) is 5.69 Å². The number of fused-ring (bicyclic) bond motifs is 4. The number of nitrogens with zero attached hydrogens (tertiary/aromatic N) is 5. The molecule has 0 unspecified atom stereocenters. The monoisotopic (exact) mass is 321 g/mol. The molecule has 7 nitrogen and oxygen atoms in total. The summed E-state index contributed by atoms with van der Waals surface area (Å²) in [5.74, 6) is 0. The van der Waals surface area contributed by atoms with Crippen LogP contribution < -0.4 is 0 Å². The second-order valence-electron chi connectivity index (χ2n) is 6.81. The SMILES string of the molecule is CC(C)(C)c1ccn2c(c1)nc1nc3ccc([N+](=O)[O-])cc3nc12. The molecule has 0 spiro atoms. The van der Waals surface area contributed by atoms with Gasteiger partial charge in [-0.25, -0.2) is 15.0 Å². The van der Waals surface area contributed by atoms with Gasteiger partial charge >= 0.3 is 0 Å². The van der Waals surface area contributed by atoms with Crippen LogP contribution in [0.3, 0.4) is 0 Å². The summed E-state index contributed by atoms with van der Waals surface area (Å²) in [6.07, 6.45) is 1.92. The van der Waals surface area contributed by atoms with E-state index in [9.17, 15) is 10.1 Å². The van der Waals surface area contributed by atoms with Crippen LogP contribution in [0, 0.1) is 10.1 Å². The van der Waals surface area contributed by atoms with E-state index in [0.29, 0.717) is 22.3 Å². The number of non-ortho nitro benzene ring substituents is 1. The summed E-state index contributed by atoms with van der Waals surface area (Å²) >= 11 is 0. The quantitative estimate of drug-likeness (QED) is 0.394. The van der Waals surface area contributed by atoms with Crippen LogP contribution >= 0.6 is 0 Å². The number of nitro benzene ring substituents is 1. The van der Waals surface area contributed by atoms with Crippen LogP contribution in [-0.4, -0.2) is 24.3 Å². The van der Waals surface area contributed by atoms with Crippen LogP contribution in [0.2, 0.25) is 0 Å². The Morgan fingerprint density at radius 1 is 1.04 bits per heavy atom. The molecule has 0 amide bonds. The summed E-state index contributed by atoms with van der Waals surface area (Å²) in [5, 5.41) is 10.9. The highest BCUT2D eigenvalue weighted by Gasteiger charge is 2.17. The summed E-state index contributed by atoms with van der Waals surface area (Å²) in [6, 6.07) is 8.52. The van der Waals surface area contributed by atoms with Gasteiger partial charge in [-0.15, -0.1) is 0 Å². The van der Waals surface area contributed by atoms with E-state index in [1.807, 2.05) is 22.7 Å². The molecular formula is C17H15N5O2. The fourth-order valence-corrected chi connectivity index (χ4v) is 2.70. The highest BCUT2D eigenvalue weighted by atomic mass is 16.6. The van der Waals surface area contributed by atoms with Crippen molar-refractivity contribution in [2.75, 3.05) is 0 Å². The third kappa shape index (κ3) is 2.17. The van der Waals surface area contributed by atoms with Gasteiger partial charge in [0.1, 0.15) is 5.65 Å². The van der Waals surface area contributed by atoms with Crippen molar-refractivity contribution in [2.45, 2.75) is 26.2 Å². The Hall–Kier alpha value is -3.09. The largest absolute Gasteiger partial charge is 0.283 e. The molecule has 0 bridgehead atoms. The first-order valence-electron chi connectivity index (χ1n) is 7.57. The predicted molar refractivity (Wildman–Crippen MR) is 91.1 cm³/mol. The van der Waals surface area contributed by atoms with Crippen molar-refractivity contribution in [3.8, 4) is 0 Å². The minimum Gasteiger partial charge on any atom is -0.283 e. The van der Waals surface area contributed by atoms with Gasteiger partial charge in [0, 0.05) is 18.3 Å². The molecule has 0 saturated carbocycles. The molecule has 3 aromatic heterocycles. The molecule has 1 aromatic carbocycles. The first-order chi connectivity index (χ1) is 11.3. The van der Waals surface area contributed by atoms with Crippen molar-refractivity contribution >= 4 is 33.7 Å². The number of nitro groups is 1. The molecule has 3 heterocycles. The number of imidazole rings is 1. The first kappa shape index (κ1) is 14.5. The Labute approximate surface area is 137 Å². The summed E-state index contributed by atoms with van der Waals surface area (Å²) in [5.41, 5.74) is 4.16. The van der Waals surface area contributed by atoms with E-state index in [2.05, 4.69) is 35.7 Å². The highest BCUT2D eigenvalue weighted by molar-refractivity contribution is 5.86. The van der Waals surface area contributed by atoms with Gasteiger partial charge in [0.15, 0.2) is 11.3 Å². The normalized spacial score (nSPS) is 12.3. The third-order valence-electron chi connectivity index (χ3n) is 4.07. The molecule has 0 fully saturated rings. The molecule has 0 aliphatic rings. The molecule has 0 saturated heterocycles. The zero-order chi connectivity index (χ0) is 17.1. The predicted octanol–water partition coefficient (Wildman–Crippen LogP) is 3.64. The molecule has 120 valence electrons. The molecule has 24 heavy (non-hydrogen) atoms. The fraction of sp³-hybridized carbons (Fsp3) is 0.235. The zero-order valence-electron chi connectivity index (χ0n) is 13.5. The molecule has 0 N–H and O–H groups in total. The Morgan fingerprint density at radius 2 is 1.83 bits per heavy atom. The maximum atomic E-state index is 10.9. The molecule has 7 heteroatoms. The smallest absolute Gasteiger partial charge is 0.271 e. The van der Waals surface area contributed by atoms with Gasteiger partial charge in [0.2, 0.25) is 0 Å². The summed E-state index contributed by atoms with van der Waals surface area (Å²) in [6.45, 7) is 6.43. The maximum absolute atomic E-state index is 10.9. The summed E-state index contributed by atoms with van der Waals surface area (Å²) in [4.78, 5) is 24.1. The number of aromatic nitrogens is 4. The molecule has 4 rings (SSSR count). The molecule has 0 atom stereocenters. The summed E-state index contributed by atoms with van der Waals surface area (Å²) < 4.78 is 1.86. The highest BCUT2D eigenvalue weighted by Crippen LogP contribution is 2.26. The van der Waals surface area contributed by atoms with E-state index in [4.69, 9.17) is 0 Å². The van der Waals surface area contributed by atoms with E-state index in [1.54, 1.807) is 6.07 Å². The number of hydrogen-bond acceptors (Lipinski definition) is 5. The second kappa shape index (κ2) is 4.70. The van der Waals surface area contributed by atoms with Crippen molar-refractivity contribution in [2.24, 2.45) is 0 Å². The van der Waals surface area contributed by atoms with E-state index < -0.39 is 4.92 Å². The molecule has 4 aromatic rings.